The summed E-state index contributed by atoms with van der Waals surface area (Å²) in [5.41, 5.74) is 0.905. The van der Waals surface area contributed by atoms with Crippen LogP contribution in [-0.2, 0) is 0 Å². The fourth-order valence-electron chi connectivity index (χ4n) is 1.08. The Morgan fingerprint density at radius 3 is 2.69 bits per heavy atom. The Balaban J connectivity index is 2.52. The first-order valence-electron chi connectivity index (χ1n) is 3.76. The highest BCUT2D eigenvalue weighted by Crippen LogP contribution is 2.20. The maximum atomic E-state index is 9.11. The van der Waals surface area contributed by atoms with Gasteiger partial charge in [-0.25, -0.2) is 4.68 Å². The lowest BCUT2D eigenvalue weighted by Gasteiger charge is -2.02. The van der Waals surface area contributed by atoms with Crippen molar-refractivity contribution in [3.8, 4) is 11.4 Å². The van der Waals surface area contributed by atoms with Crippen LogP contribution in [0.1, 0.15) is 0 Å². The molecular weight excluding hydrogens is 232 g/mol. The molecule has 4 heteroatoms. The smallest absolute Gasteiger partial charge is 0.153 e. The molecule has 0 radical (unpaired) electrons. The zero-order valence-electron chi connectivity index (χ0n) is 6.68. The van der Waals surface area contributed by atoms with Gasteiger partial charge in [0.1, 0.15) is 0 Å². The normalized spacial score (nSPS) is 10.2. The molecule has 2 rings (SSSR count). The number of hydrogen-bond donors (Lipinski definition) is 1. The summed E-state index contributed by atoms with van der Waals surface area (Å²) < 4.78 is 2.55. The first kappa shape index (κ1) is 8.31. The minimum Gasteiger partial charge on any atom is -0.505 e. The summed E-state index contributed by atoms with van der Waals surface area (Å²) in [5.74, 6) is 0.163. The van der Waals surface area contributed by atoms with E-state index in [0.29, 0.717) is 0 Å². The Labute approximate surface area is 83.8 Å². The minimum absolute atomic E-state index is 0.163. The van der Waals surface area contributed by atoms with Gasteiger partial charge in [-0.05, 0) is 28.1 Å². The molecule has 1 aromatic carbocycles. The van der Waals surface area contributed by atoms with Gasteiger partial charge in [0.15, 0.2) is 5.75 Å². The fraction of sp³-hybridized carbons (Fsp3) is 0. The fourth-order valence-corrected chi connectivity index (χ4v) is 1.55. The Bertz CT molecular complexity index is 425. The van der Waals surface area contributed by atoms with Crippen molar-refractivity contribution < 1.29 is 5.11 Å². The van der Waals surface area contributed by atoms with Crippen molar-refractivity contribution in [2.24, 2.45) is 0 Å². The SMILES string of the molecule is Oc1cnn(-c2ccccc2Br)c1. The second-order valence-corrected chi connectivity index (χ2v) is 3.45. The van der Waals surface area contributed by atoms with E-state index in [4.69, 9.17) is 5.11 Å². The Hall–Kier alpha value is -1.29. The molecule has 0 saturated heterocycles. The number of benzene rings is 1. The number of para-hydroxylation sites is 1. The first-order valence-corrected chi connectivity index (χ1v) is 4.55. The number of aromatic hydroxyl groups is 1. The van der Waals surface area contributed by atoms with Gasteiger partial charge in [-0.15, -0.1) is 0 Å². The molecule has 1 aromatic heterocycles. The number of nitrogens with zero attached hydrogens (tertiary/aromatic N) is 2. The van der Waals surface area contributed by atoms with Crippen LogP contribution in [0.4, 0.5) is 0 Å². The zero-order valence-corrected chi connectivity index (χ0v) is 8.27. The maximum absolute atomic E-state index is 9.11. The molecule has 0 aliphatic heterocycles. The van der Waals surface area contributed by atoms with Gasteiger partial charge in [0.05, 0.1) is 18.1 Å². The maximum Gasteiger partial charge on any atom is 0.153 e. The van der Waals surface area contributed by atoms with Gasteiger partial charge in [0, 0.05) is 4.47 Å². The van der Waals surface area contributed by atoms with E-state index in [0.717, 1.165) is 10.2 Å². The predicted molar refractivity (Wildman–Crippen MR) is 52.9 cm³/mol. The molecular formula is C9H7BrN2O. The molecule has 0 unspecified atom stereocenters. The highest BCUT2D eigenvalue weighted by atomic mass is 79.9. The molecule has 0 saturated carbocycles. The van der Waals surface area contributed by atoms with Crippen molar-refractivity contribution in [1.82, 2.24) is 9.78 Å². The number of halogens is 1. The van der Waals surface area contributed by atoms with Crippen LogP contribution in [0, 0.1) is 0 Å². The molecule has 0 amide bonds. The van der Waals surface area contributed by atoms with Crippen LogP contribution < -0.4 is 0 Å². The van der Waals surface area contributed by atoms with Crippen LogP contribution in [0.3, 0.4) is 0 Å². The van der Waals surface area contributed by atoms with Crippen molar-refractivity contribution in [2.45, 2.75) is 0 Å². The van der Waals surface area contributed by atoms with E-state index in [-0.39, 0.29) is 5.75 Å². The van der Waals surface area contributed by atoms with Gasteiger partial charge in [0.2, 0.25) is 0 Å². The summed E-state index contributed by atoms with van der Waals surface area (Å²) in [5, 5.41) is 13.1. The quantitative estimate of drug-likeness (QED) is 0.829. The van der Waals surface area contributed by atoms with Gasteiger partial charge in [-0.3, -0.25) is 0 Å². The lowest BCUT2D eigenvalue weighted by atomic mass is 10.3. The van der Waals surface area contributed by atoms with Gasteiger partial charge < -0.3 is 5.11 Å². The van der Waals surface area contributed by atoms with Crippen molar-refractivity contribution in [1.29, 1.82) is 0 Å². The first-order chi connectivity index (χ1) is 6.27. The van der Waals surface area contributed by atoms with Crippen molar-refractivity contribution >= 4 is 15.9 Å². The molecule has 0 atom stereocenters. The largest absolute Gasteiger partial charge is 0.505 e. The van der Waals surface area contributed by atoms with Gasteiger partial charge in [-0.2, -0.15) is 5.10 Å². The lowest BCUT2D eigenvalue weighted by molar-refractivity contribution is 0.475. The highest BCUT2D eigenvalue weighted by Gasteiger charge is 2.02. The summed E-state index contributed by atoms with van der Waals surface area (Å²) in [6.07, 6.45) is 2.96. The topological polar surface area (TPSA) is 38.1 Å². The third kappa shape index (κ3) is 1.58. The van der Waals surface area contributed by atoms with Gasteiger partial charge in [0.25, 0.3) is 0 Å². The molecule has 0 fully saturated rings. The summed E-state index contributed by atoms with van der Waals surface area (Å²) in [4.78, 5) is 0. The summed E-state index contributed by atoms with van der Waals surface area (Å²) in [6.45, 7) is 0. The van der Waals surface area contributed by atoms with E-state index in [9.17, 15) is 0 Å². The highest BCUT2D eigenvalue weighted by molar-refractivity contribution is 9.10. The lowest BCUT2D eigenvalue weighted by Crippen LogP contribution is -1.94. The Morgan fingerprint density at radius 2 is 2.08 bits per heavy atom. The Morgan fingerprint density at radius 1 is 1.31 bits per heavy atom. The molecule has 0 aliphatic carbocycles. The van der Waals surface area contributed by atoms with Crippen LogP contribution in [-0.4, -0.2) is 14.9 Å². The third-order valence-corrected chi connectivity index (χ3v) is 2.34. The molecule has 1 N–H and O–H groups in total. The molecule has 0 bridgehead atoms. The predicted octanol–water partition coefficient (Wildman–Crippen LogP) is 2.34. The second-order valence-electron chi connectivity index (χ2n) is 2.59. The molecule has 0 aliphatic rings. The Kier molecular flexibility index (Phi) is 2.06. The molecule has 0 spiro atoms. The number of hydrogen-bond acceptors (Lipinski definition) is 2. The minimum atomic E-state index is 0.163. The van der Waals surface area contributed by atoms with E-state index in [1.54, 1.807) is 10.9 Å². The standard InChI is InChI=1S/C9H7BrN2O/c10-8-3-1-2-4-9(8)12-6-7(13)5-11-12/h1-6,13H. The van der Waals surface area contributed by atoms with Crippen LogP contribution in [0.5, 0.6) is 5.75 Å². The third-order valence-electron chi connectivity index (χ3n) is 1.67. The van der Waals surface area contributed by atoms with Gasteiger partial charge >= 0.3 is 0 Å². The number of aromatic nitrogens is 2. The van der Waals surface area contributed by atoms with E-state index < -0.39 is 0 Å². The molecule has 3 nitrogen and oxygen atoms in total. The summed E-state index contributed by atoms with van der Waals surface area (Å²) in [6, 6.07) is 7.68. The van der Waals surface area contributed by atoms with Crippen LogP contribution in [0.25, 0.3) is 5.69 Å². The van der Waals surface area contributed by atoms with Crippen molar-refractivity contribution in [2.75, 3.05) is 0 Å². The van der Waals surface area contributed by atoms with Crippen molar-refractivity contribution in [3.63, 3.8) is 0 Å². The molecule has 13 heavy (non-hydrogen) atoms. The van der Waals surface area contributed by atoms with E-state index in [1.165, 1.54) is 6.20 Å². The van der Waals surface area contributed by atoms with E-state index in [2.05, 4.69) is 21.0 Å². The summed E-state index contributed by atoms with van der Waals surface area (Å²) in [7, 11) is 0. The van der Waals surface area contributed by atoms with Gasteiger partial charge in [-0.1, -0.05) is 12.1 Å². The molecule has 2 aromatic rings. The monoisotopic (exact) mass is 238 g/mol. The average molecular weight is 239 g/mol. The molecule has 66 valence electrons. The number of rotatable bonds is 1. The molecule has 1 heterocycles. The van der Waals surface area contributed by atoms with Crippen LogP contribution in [0.2, 0.25) is 0 Å². The average Bonchev–Trinajstić information content (AvgIpc) is 2.53. The summed E-state index contributed by atoms with van der Waals surface area (Å²) >= 11 is 3.40. The van der Waals surface area contributed by atoms with Crippen LogP contribution >= 0.6 is 15.9 Å². The van der Waals surface area contributed by atoms with Crippen LogP contribution in [0.15, 0.2) is 41.1 Å². The van der Waals surface area contributed by atoms with E-state index in [1.807, 2.05) is 24.3 Å². The zero-order chi connectivity index (χ0) is 9.26. The van der Waals surface area contributed by atoms with Crippen molar-refractivity contribution in [3.05, 3.63) is 41.1 Å². The van der Waals surface area contributed by atoms with E-state index >= 15 is 0 Å². The second kappa shape index (κ2) is 3.22.